The summed E-state index contributed by atoms with van der Waals surface area (Å²) in [5.74, 6) is -0.333. The van der Waals surface area contributed by atoms with Crippen molar-refractivity contribution in [3.63, 3.8) is 0 Å². The molecule has 9 heteroatoms. The number of ether oxygens (including phenoxy) is 1. The van der Waals surface area contributed by atoms with Crippen molar-refractivity contribution in [2.24, 2.45) is 0 Å². The van der Waals surface area contributed by atoms with Crippen LogP contribution in [0.3, 0.4) is 0 Å². The van der Waals surface area contributed by atoms with E-state index in [-0.39, 0.29) is 18.4 Å². The number of nitrogens with one attached hydrogen (secondary N) is 3. The molecule has 0 aliphatic carbocycles. The number of urea groups is 1. The van der Waals surface area contributed by atoms with Gasteiger partial charge in [0.05, 0.1) is 19.7 Å². The Hall–Kier alpha value is -1.71. The zero-order chi connectivity index (χ0) is 17.8. The Morgan fingerprint density at radius 2 is 1.50 bits per heavy atom. The molecular formula is C15H29N5O4. The Kier molecular flexibility index (Phi) is 9.97. The molecule has 1 fully saturated rings. The molecule has 0 spiro atoms. The first-order chi connectivity index (χ1) is 11.5. The molecule has 4 amide bonds. The van der Waals surface area contributed by atoms with Crippen LogP contribution >= 0.6 is 0 Å². The highest BCUT2D eigenvalue weighted by Crippen LogP contribution is 2.00. The number of imide groups is 1. The molecule has 0 aromatic heterocycles. The second kappa shape index (κ2) is 11.8. The van der Waals surface area contributed by atoms with Gasteiger partial charge in [0.15, 0.2) is 0 Å². The fourth-order valence-electron chi connectivity index (χ4n) is 2.31. The molecule has 1 heterocycles. The minimum Gasteiger partial charge on any atom is -0.383 e. The molecule has 1 aliphatic rings. The van der Waals surface area contributed by atoms with E-state index < -0.39 is 6.03 Å². The van der Waals surface area contributed by atoms with E-state index in [9.17, 15) is 14.4 Å². The van der Waals surface area contributed by atoms with E-state index in [1.54, 1.807) is 7.11 Å². The van der Waals surface area contributed by atoms with Crippen molar-refractivity contribution in [2.75, 3.05) is 66.1 Å². The maximum atomic E-state index is 11.8. The van der Waals surface area contributed by atoms with Crippen LogP contribution in [0.5, 0.6) is 0 Å². The Balaban J connectivity index is 2.17. The molecule has 1 aliphatic heterocycles. The summed E-state index contributed by atoms with van der Waals surface area (Å²) < 4.78 is 4.88. The second-order valence-electron chi connectivity index (χ2n) is 5.70. The number of methoxy groups -OCH3 is 1. The predicted octanol–water partition coefficient (Wildman–Crippen LogP) is -1.40. The molecule has 0 radical (unpaired) electrons. The van der Waals surface area contributed by atoms with Crippen molar-refractivity contribution in [3.05, 3.63) is 0 Å². The maximum absolute atomic E-state index is 11.8. The smallest absolute Gasteiger partial charge is 0.321 e. The minimum absolute atomic E-state index is 0.0224. The van der Waals surface area contributed by atoms with Crippen molar-refractivity contribution >= 4 is 17.8 Å². The van der Waals surface area contributed by atoms with E-state index in [2.05, 4.69) is 16.0 Å². The largest absolute Gasteiger partial charge is 0.383 e. The number of carbonyl (C=O) groups is 3. The van der Waals surface area contributed by atoms with Crippen LogP contribution in [0.25, 0.3) is 0 Å². The van der Waals surface area contributed by atoms with Gasteiger partial charge < -0.3 is 15.4 Å². The third-order valence-electron chi connectivity index (χ3n) is 3.62. The first-order valence-electron chi connectivity index (χ1n) is 8.33. The molecule has 1 rings (SSSR count). The van der Waals surface area contributed by atoms with Gasteiger partial charge in [0.2, 0.25) is 11.8 Å². The molecule has 138 valence electrons. The highest BCUT2D eigenvalue weighted by molar-refractivity contribution is 5.95. The first-order valence-corrected chi connectivity index (χ1v) is 8.33. The highest BCUT2D eigenvalue weighted by Gasteiger charge is 2.21. The molecular weight excluding hydrogens is 314 g/mol. The zero-order valence-electron chi connectivity index (χ0n) is 14.6. The van der Waals surface area contributed by atoms with Crippen LogP contribution in [0.1, 0.15) is 13.3 Å². The van der Waals surface area contributed by atoms with E-state index >= 15 is 0 Å². The van der Waals surface area contributed by atoms with Crippen molar-refractivity contribution in [1.82, 2.24) is 25.8 Å². The van der Waals surface area contributed by atoms with E-state index in [1.165, 1.54) is 0 Å². The Labute approximate surface area is 143 Å². The number of hydrogen-bond acceptors (Lipinski definition) is 6. The summed E-state index contributed by atoms with van der Waals surface area (Å²) in [5.41, 5.74) is 0. The number of nitrogens with zero attached hydrogens (tertiary/aromatic N) is 2. The van der Waals surface area contributed by atoms with Crippen LogP contribution in [0, 0.1) is 0 Å². The summed E-state index contributed by atoms with van der Waals surface area (Å²) in [6.45, 7) is 6.85. The van der Waals surface area contributed by atoms with E-state index in [1.807, 2.05) is 16.7 Å². The van der Waals surface area contributed by atoms with Crippen LogP contribution < -0.4 is 16.0 Å². The van der Waals surface area contributed by atoms with Crippen LogP contribution in [0.2, 0.25) is 0 Å². The number of amides is 4. The van der Waals surface area contributed by atoms with Crippen LogP contribution in [0.15, 0.2) is 0 Å². The van der Waals surface area contributed by atoms with Crippen molar-refractivity contribution in [1.29, 1.82) is 0 Å². The van der Waals surface area contributed by atoms with E-state index in [0.717, 1.165) is 6.42 Å². The van der Waals surface area contributed by atoms with Gasteiger partial charge >= 0.3 is 6.03 Å². The third kappa shape index (κ3) is 8.80. The lowest BCUT2D eigenvalue weighted by atomic mass is 10.3. The molecule has 0 aromatic rings. The predicted molar refractivity (Wildman–Crippen MR) is 89.6 cm³/mol. The average molecular weight is 343 g/mol. The SMILES string of the molecule is CCCNC(=O)NC(=O)CN1CCN(CC(=O)NCCOC)CC1. The van der Waals surface area contributed by atoms with Gasteiger partial charge in [0.25, 0.3) is 0 Å². The van der Waals surface area contributed by atoms with Crippen LogP contribution in [-0.4, -0.2) is 93.7 Å². The monoisotopic (exact) mass is 343 g/mol. The number of piperazine rings is 1. The van der Waals surface area contributed by atoms with Gasteiger partial charge in [-0.2, -0.15) is 0 Å². The summed E-state index contributed by atoms with van der Waals surface area (Å²) in [6.07, 6.45) is 0.822. The lowest BCUT2D eigenvalue weighted by Gasteiger charge is -2.33. The highest BCUT2D eigenvalue weighted by atomic mass is 16.5. The van der Waals surface area contributed by atoms with Gasteiger partial charge in [0, 0.05) is 46.4 Å². The standard InChI is InChI=1S/C15H29N5O4/c1-3-4-17-15(23)18-14(22)12-20-8-6-19(7-9-20)11-13(21)16-5-10-24-2/h3-12H2,1-2H3,(H,16,21)(H2,17,18,22,23). The quantitative estimate of drug-likeness (QED) is 0.445. The molecule has 0 aromatic carbocycles. The van der Waals surface area contributed by atoms with Gasteiger partial charge in [0.1, 0.15) is 0 Å². The lowest BCUT2D eigenvalue weighted by molar-refractivity contribution is -0.124. The van der Waals surface area contributed by atoms with E-state index in [0.29, 0.717) is 52.4 Å². The number of rotatable bonds is 9. The normalized spacial score (nSPS) is 15.8. The molecule has 0 bridgehead atoms. The van der Waals surface area contributed by atoms with Crippen LogP contribution in [-0.2, 0) is 14.3 Å². The average Bonchev–Trinajstić information content (AvgIpc) is 2.55. The Morgan fingerprint density at radius 3 is 2.04 bits per heavy atom. The summed E-state index contributed by atoms with van der Waals surface area (Å²) >= 11 is 0. The van der Waals surface area contributed by atoms with Crippen molar-refractivity contribution < 1.29 is 19.1 Å². The van der Waals surface area contributed by atoms with E-state index in [4.69, 9.17) is 4.74 Å². The maximum Gasteiger partial charge on any atom is 0.321 e. The summed E-state index contributed by atoms with van der Waals surface area (Å²) in [4.78, 5) is 38.9. The third-order valence-corrected chi connectivity index (χ3v) is 3.62. The summed E-state index contributed by atoms with van der Waals surface area (Å²) in [5, 5.41) is 7.70. The fraction of sp³-hybridized carbons (Fsp3) is 0.800. The number of hydrogen-bond donors (Lipinski definition) is 3. The van der Waals surface area contributed by atoms with Gasteiger partial charge in [-0.1, -0.05) is 6.92 Å². The van der Waals surface area contributed by atoms with Gasteiger partial charge in [-0.3, -0.25) is 24.7 Å². The van der Waals surface area contributed by atoms with Gasteiger partial charge in [-0.15, -0.1) is 0 Å². The fourth-order valence-corrected chi connectivity index (χ4v) is 2.31. The molecule has 0 saturated carbocycles. The number of carbonyl (C=O) groups excluding carboxylic acids is 3. The summed E-state index contributed by atoms with van der Waals surface area (Å²) in [6, 6.07) is -0.451. The molecule has 9 nitrogen and oxygen atoms in total. The van der Waals surface area contributed by atoms with Gasteiger partial charge in [-0.25, -0.2) is 4.79 Å². The zero-order valence-corrected chi connectivity index (χ0v) is 14.6. The molecule has 0 unspecified atom stereocenters. The van der Waals surface area contributed by atoms with Crippen molar-refractivity contribution in [2.45, 2.75) is 13.3 Å². The first kappa shape index (κ1) is 20.3. The Bertz CT molecular complexity index is 411. The topological polar surface area (TPSA) is 103 Å². The lowest BCUT2D eigenvalue weighted by Crippen LogP contribution is -2.52. The molecule has 1 saturated heterocycles. The second-order valence-corrected chi connectivity index (χ2v) is 5.70. The van der Waals surface area contributed by atoms with Crippen molar-refractivity contribution in [3.8, 4) is 0 Å². The molecule has 0 atom stereocenters. The summed E-state index contributed by atoms with van der Waals surface area (Å²) in [7, 11) is 1.59. The molecule has 3 N–H and O–H groups in total. The van der Waals surface area contributed by atoms with Crippen LogP contribution in [0.4, 0.5) is 4.79 Å². The Morgan fingerprint density at radius 1 is 0.917 bits per heavy atom. The minimum atomic E-state index is -0.451. The molecule has 24 heavy (non-hydrogen) atoms. The van der Waals surface area contributed by atoms with Gasteiger partial charge in [-0.05, 0) is 6.42 Å².